The number of imidazole rings is 1. The van der Waals surface area contributed by atoms with Gasteiger partial charge in [0.05, 0.1) is 17.3 Å². The number of rotatable bonds is 7. The third kappa shape index (κ3) is 5.26. The molecule has 0 saturated carbocycles. The molecule has 37 heavy (non-hydrogen) atoms. The van der Waals surface area contributed by atoms with Crippen LogP contribution in [0.2, 0.25) is 0 Å². The highest BCUT2D eigenvalue weighted by molar-refractivity contribution is 6.04. The molecule has 0 fully saturated rings. The van der Waals surface area contributed by atoms with E-state index in [4.69, 9.17) is 4.98 Å². The minimum absolute atomic E-state index is 0.285. The summed E-state index contributed by atoms with van der Waals surface area (Å²) in [4.78, 5) is 19.1. The zero-order valence-corrected chi connectivity index (χ0v) is 20.7. The van der Waals surface area contributed by atoms with E-state index in [1.54, 1.807) is 28.8 Å². The van der Waals surface area contributed by atoms with Crippen molar-refractivity contribution in [2.45, 2.75) is 39.0 Å². The van der Waals surface area contributed by atoms with Crippen LogP contribution in [0.4, 0.5) is 13.2 Å². The Bertz CT molecular complexity index is 1540. The van der Waals surface area contributed by atoms with Gasteiger partial charge in [0, 0.05) is 30.5 Å². The van der Waals surface area contributed by atoms with E-state index in [-0.39, 0.29) is 5.56 Å². The molecule has 0 saturated heterocycles. The maximum absolute atomic E-state index is 13.4. The van der Waals surface area contributed by atoms with E-state index in [9.17, 15) is 13.2 Å². The summed E-state index contributed by atoms with van der Waals surface area (Å²) < 4.78 is 42.0. The van der Waals surface area contributed by atoms with Crippen molar-refractivity contribution in [3.05, 3.63) is 89.8 Å². The van der Waals surface area contributed by atoms with Gasteiger partial charge in [-0.2, -0.15) is 18.3 Å². The lowest BCUT2D eigenvalue weighted by atomic mass is 9.94. The normalized spacial score (nSPS) is 12.9. The first-order valence-electron chi connectivity index (χ1n) is 11.8. The molecule has 0 aliphatic carbocycles. The quantitative estimate of drug-likeness (QED) is 0.326. The van der Waals surface area contributed by atoms with Crippen LogP contribution in [0.5, 0.6) is 0 Å². The maximum Gasteiger partial charge on any atom is 0.395 e. The molecule has 4 heterocycles. The average molecular weight is 503 g/mol. The Morgan fingerprint density at radius 3 is 2.62 bits per heavy atom. The first kappa shape index (κ1) is 24.7. The van der Waals surface area contributed by atoms with E-state index in [2.05, 4.69) is 20.1 Å². The Morgan fingerprint density at radius 2 is 1.84 bits per heavy atom. The van der Waals surface area contributed by atoms with Crippen molar-refractivity contribution in [1.29, 1.82) is 0 Å². The fourth-order valence-electron chi connectivity index (χ4n) is 4.41. The smallest absolute Gasteiger partial charge is 0.340 e. The number of aromatic amines is 1. The van der Waals surface area contributed by atoms with Crippen LogP contribution in [0.15, 0.2) is 67.1 Å². The average Bonchev–Trinajstić information content (AvgIpc) is 3.50. The second kappa shape index (κ2) is 9.81. The molecule has 5 aromatic rings. The van der Waals surface area contributed by atoms with Gasteiger partial charge in [0.2, 0.25) is 0 Å². The van der Waals surface area contributed by atoms with Gasteiger partial charge in [0.1, 0.15) is 17.8 Å². The van der Waals surface area contributed by atoms with Crippen molar-refractivity contribution in [1.82, 2.24) is 34.4 Å². The Morgan fingerprint density at radius 1 is 1.03 bits per heavy atom. The molecule has 0 amide bonds. The molecular formula is C26H25BF3N7. The first-order chi connectivity index (χ1) is 17.7. The Labute approximate surface area is 212 Å². The molecule has 7 nitrogen and oxygen atoms in total. The summed E-state index contributed by atoms with van der Waals surface area (Å²) in [6.07, 6.45) is -0.935. The van der Waals surface area contributed by atoms with Gasteiger partial charge in [-0.15, -0.1) is 0 Å². The number of H-pyrrole nitrogens is 1. The molecule has 1 unspecified atom stereocenters. The molecule has 188 valence electrons. The molecule has 0 aliphatic rings. The molecular weight excluding hydrogens is 478 g/mol. The largest absolute Gasteiger partial charge is 0.395 e. The number of fused-ring (bicyclic) bond motifs is 1. The molecule has 1 aromatic carbocycles. The van der Waals surface area contributed by atoms with Crippen LogP contribution in [0.1, 0.15) is 35.5 Å². The molecule has 11 heteroatoms. The predicted octanol–water partition coefficient (Wildman–Crippen LogP) is 4.71. The summed E-state index contributed by atoms with van der Waals surface area (Å²) in [5, 5.41) is 4.23. The third-order valence-corrected chi connectivity index (χ3v) is 6.32. The second-order valence-corrected chi connectivity index (χ2v) is 9.19. The predicted molar refractivity (Wildman–Crippen MR) is 137 cm³/mol. The Hall–Kier alpha value is -3.99. The zero-order chi connectivity index (χ0) is 26.2. The highest BCUT2D eigenvalue weighted by Gasteiger charge is 2.38. The van der Waals surface area contributed by atoms with Crippen molar-refractivity contribution in [2.24, 2.45) is 0 Å². The molecule has 5 rings (SSSR count). The topological polar surface area (TPSA) is 75.0 Å². The summed E-state index contributed by atoms with van der Waals surface area (Å²) in [5.74, 6) is -0.867. The standard InChI is InChI=1S/C26H25BF3N7/c1-16-6-5-9-21(33-16)25-24(19-10-11-23-31-15-32-37(23)13-19)34-22(35-25)14-36(27)12-18-7-3-4-8-20(18)17(2)26(28,29)30/h3-11,13,15,17H,12,14,27H2,1-2H3,(H,34,35). The number of halogens is 3. The van der Waals surface area contributed by atoms with E-state index in [1.807, 2.05) is 56.2 Å². The number of hydrogen-bond acceptors (Lipinski definition) is 5. The molecule has 4 aromatic heterocycles. The minimum Gasteiger partial charge on any atom is -0.340 e. The maximum atomic E-state index is 13.4. The summed E-state index contributed by atoms with van der Waals surface area (Å²) in [6.45, 7) is 3.87. The van der Waals surface area contributed by atoms with Crippen LogP contribution < -0.4 is 0 Å². The van der Waals surface area contributed by atoms with Gasteiger partial charge in [-0.25, -0.2) is 14.5 Å². The molecule has 0 aliphatic heterocycles. The number of benzene rings is 1. The lowest BCUT2D eigenvalue weighted by molar-refractivity contribution is -0.146. The van der Waals surface area contributed by atoms with Crippen molar-refractivity contribution in [2.75, 3.05) is 0 Å². The number of nitrogens with zero attached hydrogens (tertiary/aromatic N) is 6. The molecule has 1 atom stereocenters. The van der Waals surface area contributed by atoms with Crippen molar-refractivity contribution >= 4 is 13.6 Å². The van der Waals surface area contributed by atoms with Gasteiger partial charge < -0.3 is 9.79 Å². The summed E-state index contributed by atoms with van der Waals surface area (Å²) in [7, 11) is 1.86. The van der Waals surface area contributed by atoms with E-state index >= 15 is 0 Å². The highest BCUT2D eigenvalue weighted by Crippen LogP contribution is 2.36. The van der Waals surface area contributed by atoms with Crippen LogP contribution in [0.3, 0.4) is 0 Å². The van der Waals surface area contributed by atoms with Crippen LogP contribution in [0, 0.1) is 6.92 Å². The number of alkyl halides is 3. The van der Waals surface area contributed by atoms with Gasteiger partial charge in [0.15, 0.2) is 13.6 Å². The van der Waals surface area contributed by atoms with Crippen molar-refractivity contribution < 1.29 is 13.2 Å². The van der Waals surface area contributed by atoms with Crippen molar-refractivity contribution in [3.63, 3.8) is 0 Å². The van der Waals surface area contributed by atoms with Crippen LogP contribution in [0.25, 0.3) is 28.3 Å². The lowest BCUT2D eigenvalue weighted by Crippen LogP contribution is -2.23. The highest BCUT2D eigenvalue weighted by atomic mass is 19.4. The van der Waals surface area contributed by atoms with Crippen molar-refractivity contribution in [3.8, 4) is 22.6 Å². The number of pyridine rings is 2. The number of nitrogens with one attached hydrogen (secondary N) is 1. The molecule has 0 radical (unpaired) electrons. The van der Waals surface area contributed by atoms with Crippen LogP contribution in [-0.2, 0) is 13.1 Å². The third-order valence-electron chi connectivity index (χ3n) is 6.32. The van der Waals surface area contributed by atoms with E-state index in [1.165, 1.54) is 13.3 Å². The van der Waals surface area contributed by atoms with E-state index < -0.39 is 12.1 Å². The summed E-state index contributed by atoms with van der Waals surface area (Å²) in [5.41, 5.74) is 5.58. The van der Waals surface area contributed by atoms with Gasteiger partial charge in [0.25, 0.3) is 0 Å². The number of aryl methyl sites for hydroxylation is 1. The molecule has 1 N–H and O–H groups in total. The number of hydrogen-bond donors (Lipinski definition) is 1. The first-order valence-corrected chi connectivity index (χ1v) is 11.8. The van der Waals surface area contributed by atoms with E-state index in [0.717, 1.165) is 28.3 Å². The Balaban J connectivity index is 1.46. The second-order valence-electron chi connectivity index (χ2n) is 9.19. The van der Waals surface area contributed by atoms with Gasteiger partial charge >= 0.3 is 6.18 Å². The number of aromatic nitrogens is 6. The monoisotopic (exact) mass is 503 g/mol. The SMILES string of the molecule is BN(Cc1nc(-c2cccc(C)n2)c(-c2ccc3ncnn3c2)[nH]1)Cc1ccccc1C(C)C(F)(F)F. The van der Waals surface area contributed by atoms with Gasteiger partial charge in [-0.3, -0.25) is 4.98 Å². The van der Waals surface area contributed by atoms with E-state index in [0.29, 0.717) is 30.2 Å². The molecule has 0 spiro atoms. The fourth-order valence-corrected chi connectivity index (χ4v) is 4.41. The van der Waals surface area contributed by atoms with Gasteiger partial charge in [-0.05, 0) is 49.2 Å². The zero-order valence-electron chi connectivity index (χ0n) is 20.7. The summed E-state index contributed by atoms with van der Waals surface area (Å²) in [6, 6.07) is 16.3. The fraction of sp³-hybridized carbons (Fsp3) is 0.231. The lowest BCUT2D eigenvalue weighted by Gasteiger charge is -2.22. The molecule has 0 bridgehead atoms. The summed E-state index contributed by atoms with van der Waals surface area (Å²) >= 11 is 0. The minimum atomic E-state index is -4.30. The van der Waals surface area contributed by atoms with Crippen LogP contribution in [-0.4, -0.2) is 48.5 Å². The van der Waals surface area contributed by atoms with Crippen LogP contribution >= 0.6 is 0 Å². The Kier molecular flexibility index (Phi) is 6.55. The van der Waals surface area contributed by atoms with Gasteiger partial charge in [-0.1, -0.05) is 30.3 Å².